The van der Waals surface area contributed by atoms with Gasteiger partial charge in [0.05, 0.1) is 5.69 Å². The molecule has 1 unspecified atom stereocenters. The van der Waals surface area contributed by atoms with Crippen molar-refractivity contribution in [2.75, 3.05) is 18.8 Å². The van der Waals surface area contributed by atoms with Crippen molar-refractivity contribution in [1.29, 1.82) is 0 Å². The Kier molecular flexibility index (Phi) is 3.61. The summed E-state index contributed by atoms with van der Waals surface area (Å²) in [6.07, 6.45) is 0.913. The van der Waals surface area contributed by atoms with E-state index < -0.39 is 10.0 Å². The van der Waals surface area contributed by atoms with Gasteiger partial charge in [-0.25, -0.2) is 8.42 Å². The standard InChI is InChI=1S/C12H22N4O2S/c1-8(2)10-5-6-16(7-10)19(17,18)11-9(3)15(4)14-12(11)13/h8,10H,5-7H2,1-4H3,(H2,13,14). The second-order valence-corrected chi connectivity index (χ2v) is 7.45. The van der Waals surface area contributed by atoms with E-state index in [9.17, 15) is 8.42 Å². The third-order valence-corrected chi connectivity index (χ3v) is 6.06. The monoisotopic (exact) mass is 286 g/mol. The highest BCUT2D eigenvalue weighted by Crippen LogP contribution is 2.31. The first-order valence-electron chi connectivity index (χ1n) is 6.54. The molecule has 19 heavy (non-hydrogen) atoms. The Labute approximate surface area is 114 Å². The van der Waals surface area contributed by atoms with E-state index in [0.717, 1.165) is 6.42 Å². The van der Waals surface area contributed by atoms with E-state index in [1.165, 1.54) is 8.99 Å². The number of nitrogens with zero attached hydrogens (tertiary/aromatic N) is 3. The zero-order chi connectivity index (χ0) is 14.4. The first kappa shape index (κ1) is 14.3. The Morgan fingerprint density at radius 3 is 2.47 bits per heavy atom. The molecule has 1 aliphatic rings. The van der Waals surface area contributed by atoms with E-state index in [-0.39, 0.29) is 10.7 Å². The van der Waals surface area contributed by atoms with Crippen molar-refractivity contribution in [1.82, 2.24) is 14.1 Å². The molecule has 0 aromatic carbocycles. The number of sulfonamides is 1. The summed E-state index contributed by atoms with van der Waals surface area (Å²) in [5.41, 5.74) is 6.34. The lowest BCUT2D eigenvalue weighted by atomic mass is 9.96. The Bertz CT molecular complexity index is 577. The zero-order valence-corrected chi connectivity index (χ0v) is 12.7. The molecule has 0 saturated carbocycles. The number of nitrogen functional groups attached to an aromatic ring is 1. The van der Waals surface area contributed by atoms with Gasteiger partial charge >= 0.3 is 0 Å². The Morgan fingerprint density at radius 2 is 2.05 bits per heavy atom. The minimum atomic E-state index is -3.52. The van der Waals surface area contributed by atoms with Crippen LogP contribution in [0.15, 0.2) is 4.90 Å². The molecule has 0 amide bonds. The number of anilines is 1. The topological polar surface area (TPSA) is 81.2 Å². The molecule has 1 aromatic heterocycles. The summed E-state index contributed by atoms with van der Waals surface area (Å²) in [7, 11) is -1.82. The van der Waals surface area contributed by atoms with Crippen LogP contribution in [0, 0.1) is 18.8 Å². The Balaban J connectivity index is 2.34. The van der Waals surface area contributed by atoms with Crippen molar-refractivity contribution in [3.63, 3.8) is 0 Å². The summed E-state index contributed by atoms with van der Waals surface area (Å²) in [5, 5.41) is 3.99. The van der Waals surface area contributed by atoms with Gasteiger partial charge in [-0.2, -0.15) is 9.40 Å². The summed E-state index contributed by atoms with van der Waals surface area (Å²) in [6.45, 7) is 7.13. The van der Waals surface area contributed by atoms with E-state index in [1.807, 2.05) is 0 Å². The molecular weight excluding hydrogens is 264 g/mol. The predicted octanol–water partition coefficient (Wildman–Crippen LogP) is 0.977. The first-order chi connectivity index (χ1) is 8.75. The molecule has 1 saturated heterocycles. The lowest BCUT2D eigenvalue weighted by molar-refractivity contribution is 0.388. The molecule has 0 radical (unpaired) electrons. The van der Waals surface area contributed by atoms with Crippen LogP contribution in [-0.2, 0) is 17.1 Å². The largest absolute Gasteiger partial charge is 0.381 e. The normalized spacial score (nSPS) is 21.4. The van der Waals surface area contributed by atoms with Crippen LogP contribution in [0.4, 0.5) is 5.82 Å². The maximum atomic E-state index is 12.7. The third kappa shape index (κ3) is 2.36. The fourth-order valence-corrected chi connectivity index (χ4v) is 4.38. The maximum absolute atomic E-state index is 12.7. The summed E-state index contributed by atoms with van der Waals surface area (Å²) >= 11 is 0. The number of hydrogen-bond donors (Lipinski definition) is 1. The van der Waals surface area contributed by atoms with Crippen LogP contribution in [-0.4, -0.2) is 35.6 Å². The lowest BCUT2D eigenvalue weighted by Crippen LogP contribution is -2.30. The van der Waals surface area contributed by atoms with E-state index in [4.69, 9.17) is 5.73 Å². The number of aryl methyl sites for hydroxylation is 1. The van der Waals surface area contributed by atoms with E-state index in [0.29, 0.717) is 30.6 Å². The molecule has 2 N–H and O–H groups in total. The minimum Gasteiger partial charge on any atom is -0.381 e. The molecule has 1 aliphatic heterocycles. The smallest absolute Gasteiger partial charge is 0.248 e. The number of hydrogen-bond acceptors (Lipinski definition) is 4. The van der Waals surface area contributed by atoms with E-state index in [1.54, 1.807) is 14.0 Å². The highest BCUT2D eigenvalue weighted by Gasteiger charge is 2.36. The van der Waals surface area contributed by atoms with Crippen molar-refractivity contribution >= 4 is 15.8 Å². The Morgan fingerprint density at radius 1 is 1.42 bits per heavy atom. The molecular formula is C12H22N4O2S. The van der Waals surface area contributed by atoms with Crippen molar-refractivity contribution in [2.24, 2.45) is 18.9 Å². The molecule has 0 spiro atoms. The molecule has 7 heteroatoms. The van der Waals surface area contributed by atoms with Crippen LogP contribution < -0.4 is 5.73 Å². The van der Waals surface area contributed by atoms with Gasteiger partial charge in [-0.15, -0.1) is 0 Å². The van der Waals surface area contributed by atoms with Crippen LogP contribution >= 0.6 is 0 Å². The predicted molar refractivity (Wildman–Crippen MR) is 74.1 cm³/mol. The molecule has 2 rings (SSSR count). The minimum absolute atomic E-state index is 0.0907. The van der Waals surface area contributed by atoms with Gasteiger partial charge in [-0.3, -0.25) is 4.68 Å². The average Bonchev–Trinajstić information content (AvgIpc) is 2.85. The van der Waals surface area contributed by atoms with Gasteiger partial charge in [-0.1, -0.05) is 13.8 Å². The SMILES string of the molecule is Cc1c(S(=O)(=O)N2CCC(C(C)C)C2)c(N)nn1C. The van der Waals surface area contributed by atoms with Crippen molar-refractivity contribution in [3.8, 4) is 0 Å². The van der Waals surface area contributed by atoms with Crippen LogP contribution in [0.2, 0.25) is 0 Å². The summed E-state index contributed by atoms with van der Waals surface area (Å²) in [5.74, 6) is 1.01. The van der Waals surface area contributed by atoms with E-state index >= 15 is 0 Å². The molecule has 6 nitrogen and oxygen atoms in total. The molecule has 2 heterocycles. The summed E-state index contributed by atoms with van der Waals surface area (Å²) in [4.78, 5) is 0.166. The third-order valence-electron chi connectivity index (χ3n) is 4.03. The maximum Gasteiger partial charge on any atom is 0.248 e. The number of rotatable bonds is 3. The van der Waals surface area contributed by atoms with Crippen LogP contribution in [0.5, 0.6) is 0 Å². The molecule has 1 aromatic rings. The van der Waals surface area contributed by atoms with Gasteiger partial charge in [-0.05, 0) is 25.2 Å². The average molecular weight is 286 g/mol. The molecule has 1 fully saturated rings. The van der Waals surface area contributed by atoms with Gasteiger partial charge in [0.15, 0.2) is 5.82 Å². The molecule has 108 valence electrons. The van der Waals surface area contributed by atoms with Gasteiger partial charge < -0.3 is 5.73 Å². The molecule has 0 aliphatic carbocycles. The summed E-state index contributed by atoms with van der Waals surface area (Å²) < 4.78 is 28.4. The fraction of sp³-hybridized carbons (Fsp3) is 0.750. The lowest BCUT2D eigenvalue weighted by Gasteiger charge is -2.18. The fourth-order valence-electron chi connectivity index (χ4n) is 2.58. The molecule has 1 atom stereocenters. The van der Waals surface area contributed by atoms with E-state index in [2.05, 4.69) is 18.9 Å². The van der Waals surface area contributed by atoms with Crippen molar-refractivity contribution < 1.29 is 8.42 Å². The molecule has 0 bridgehead atoms. The summed E-state index contributed by atoms with van der Waals surface area (Å²) in [6, 6.07) is 0. The van der Waals surface area contributed by atoms with Gasteiger partial charge in [0.1, 0.15) is 4.90 Å². The quantitative estimate of drug-likeness (QED) is 0.898. The first-order valence-corrected chi connectivity index (χ1v) is 7.98. The second-order valence-electron chi connectivity index (χ2n) is 5.58. The Hall–Kier alpha value is -1.08. The number of aromatic nitrogens is 2. The zero-order valence-electron chi connectivity index (χ0n) is 11.9. The highest BCUT2D eigenvalue weighted by atomic mass is 32.2. The van der Waals surface area contributed by atoms with Crippen LogP contribution in [0.25, 0.3) is 0 Å². The second kappa shape index (κ2) is 4.79. The van der Waals surface area contributed by atoms with Gasteiger partial charge in [0, 0.05) is 20.1 Å². The highest BCUT2D eigenvalue weighted by molar-refractivity contribution is 7.89. The van der Waals surface area contributed by atoms with Crippen molar-refractivity contribution in [2.45, 2.75) is 32.1 Å². The van der Waals surface area contributed by atoms with Gasteiger partial charge in [0.25, 0.3) is 0 Å². The van der Waals surface area contributed by atoms with Gasteiger partial charge in [0.2, 0.25) is 10.0 Å². The van der Waals surface area contributed by atoms with Crippen LogP contribution in [0.1, 0.15) is 26.0 Å². The van der Waals surface area contributed by atoms with Crippen molar-refractivity contribution in [3.05, 3.63) is 5.69 Å². The van der Waals surface area contributed by atoms with Crippen LogP contribution in [0.3, 0.4) is 0 Å². The number of nitrogens with two attached hydrogens (primary N) is 1.